The van der Waals surface area contributed by atoms with Gasteiger partial charge in [-0.3, -0.25) is 14.2 Å². The Morgan fingerprint density at radius 2 is 2.00 bits per heavy atom. The molecule has 0 radical (unpaired) electrons. The zero-order valence-electron chi connectivity index (χ0n) is 15.5. The molecule has 0 spiro atoms. The average molecular weight is 362 g/mol. The van der Waals surface area contributed by atoms with Gasteiger partial charge in [-0.15, -0.1) is 11.3 Å². The molecule has 0 N–H and O–H groups in total. The van der Waals surface area contributed by atoms with Gasteiger partial charge in [0.15, 0.2) is 0 Å². The van der Waals surface area contributed by atoms with Crippen LogP contribution in [-0.2, 0) is 11.3 Å². The van der Waals surface area contributed by atoms with Crippen LogP contribution in [0.5, 0.6) is 0 Å². The third-order valence-corrected chi connectivity index (χ3v) is 6.39. The number of hydrogen-bond acceptors (Lipinski definition) is 4. The predicted octanol–water partition coefficient (Wildman–Crippen LogP) is 3.64. The lowest BCUT2D eigenvalue weighted by atomic mass is 9.93. The molecule has 2 aromatic rings. The lowest BCUT2D eigenvalue weighted by Crippen LogP contribution is -2.47. The van der Waals surface area contributed by atoms with Crippen molar-refractivity contribution < 1.29 is 4.79 Å². The summed E-state index contributed by atoms with van der Waals surface area (Å²) in [5.41, 5.74) is 0.875. The maximum absolute atomic E-state index is 13.0. The fourth-order valence-corrected chi connectivity index (χ4v) is 4.87. The van der Waals surface area contributed by atoms with E-state index in [4.69, 9.17) is 0 Å². The van der Waals surface area contributed by atoms with Crippen LogP contribution in [0.25, 0.3) is 10.2 Å². The third kappa shape index (κ3) is 3.50. The number of amides is 1. The van der Waals surface area contributed by atoms with Gasteiger partial charge in [0.1, 0.15) is 11.4 Å². The van der Waals surface area contributed by atoms with Gasteiger partial charge in [-0.25, -0.2) is 4.98 Å². The van der Waals surface area contributed by atoms with Crippen molar-refractivity contribution >= 4 is 27.5 Å². The van der Waals surface area contributed by atoms with Crippen LogP contribution in [0.2, 0.25) is 0 Å². The van der Waals surface area contributed by atoms with Gasteiger partial charge in [0.2, 0.25) is 5.91 Å². The van der Waals surface area contributed by atoms with E-state index >= 15 is 0 Å². The Bertz CT molecular complexity index is 831. The van der Waals surface area contributed by atoms with Gasteiger partial charge in [-0.2, -0.15) is 0 Å². The summed E-state index contributed by atoms with van der Waals surface area (Å²) in [5, 5.41) is 0.659. The minimum Gasteiger partial charge on any atom is -0.336 e. The van der Waals surface area contributed by atoms with Gasteiger partial charge in [-0.05, 0) is 46.1 Å². The molecule has 25 heavy (non-hydrogen) atoms. The first-order valence-corrected chi connectivity index (χ1v) is 9.98. The third-order valence-electron chi connectivity index (χ3n) is 5.27. The van der Waals surface area contributed by atoms with E-state index in [1.54, 1.807) is 0 Å². The van der Waals surface area contributed by atoms with Crippen molar-refractivity contribution in [1.29, 1.82) is 0 Å². The van der Waals surface area contributed by atoms with Crippen molar-refractivity contribution in [3.05, 3.63) is 27.1 Å². The highest BCUT2D eigenvalue weighted by atomic mass is 32.1. The second kappa shape index (κ2) is 7.28. The fraction of sp³-hybridized carbons (Fsp3) is 0.632. The van der Waals surface area contributed by atoms with Crippen molar-refractivity contribution in [3.8, 4) is 0 Å². The highest BCUT2D eigenvalue weighted by molar-refractivity contribution is 7.18. The smallest absolute Gasteiger partial charge is 0.262 e. The van der Waals surface area contributed by atoms with Gasteiger partial charge >= 0.3 is 0 Å². The zero-order chi connectivity index (χ0) is 18.1. The van der Waals surface area contributed by atoms with E-state index in [9.17, 15) is 9.59 Å². The van der Waals surface area contributed by atoms with Gasteiger partial charge in [0, 0.05) is 17.0 Å². The van der Waals surface area contributed by atoms with Gasteiger partial charge in [0.25, 0.3) is 5.56 Å². The number of fused-ring (bicyclic) bond motifs is 1. The van der Waals surface area contributed by atoms with Crippen LogP contribution in [0.1, 0.15) is 56.4 Å². The van der Waals surface area contributed by atoms with Gasteiger partial charge in [-0.1, -0.05) is 19.3 Å². The Labute approximate surface area is 152 Å². The number of carbonyl (C=O) groups is 1. The Balaban J connectivity index is 1.88. The molecule has 1 fully saturated rings. The van der Waals surface area contributed by atoms with Crippen molar-refractivity contribution in [2.24, 2.45) is 0 Å². The molecule has 0 atom stereocenters. The summed E-state index contributed by atoms with van der Waals surface area (Å²) in [4.78, 5) is 34.1. The van der Waals surface area contributed by atoms with Crippen LogP contribution in [-0.4, -0.2) is 32.4 Å². The van der Waals surface area contributed by atoms with E-state index in [1.165, 1.54) is 41.5 Å². The van der Waals surface area contributed by atoms with Crippen LogP contribution in [0.15, 0.2) is 11.1 Å². The summed E-state index contributed by atoms with van der Waals surface area (Å²) in [6.07, 6.45) is 7.28. The van der Waals surface area contributed by atoms with Crippen LogP contribution in [0.3, 0.4) is 0 Å². The van der Waals surface area contributed by atoms with Gasteiger partial charge in [0.05, 0.1) is 11.7 Å². The monoisotopic (exact) mass is 361 g/mol. The molecule has 1 saturated carbocycles. The Morgan fingerprint density at radius 1 is 1.32 bits per heavy atom. The second-order valence-corrected chi connectivity index (χ2v) is 8.53. The molecular formula is C19H27N3O2S. The highest BCUT2D eigenvalue weighted by Crippen LogP contribution is 2.26. The summed E-state index contributed by atoms with van der Waals surface area (Å²) < 4.78 is 1.47. The molecule has 136 valence electrons. The highest BCUT2D eigenvalue weighted by Gasteiger charge is 2.28. The number of rotatable bonds is 4. The molecule has 2 heterocycles. The maximum atomic E-state index is 13.0. The first kappa shape index (κ1) is 18.1. The Morgan fingerprint density at radius 3 is 2.64 bits per heavy atom. The fourth-order valence-electron chi connectivity index (χ4n) is 3.88. The van der Waals surface area contributed by atoms with Crippen molar-refractivity contribution in [3.63, 3.8) is 0 Å². The van der Waals surface area contributed by atoms with Crippen molar-refractivity contribution in [1.82, 2.24) is 14.5 Å². The molecule has 1 aliphatic carbocycles. The molecule has 1 aliphatic rings. The van der Waals surface area contributed by atoms with Crippen molar-refractivity contribution in [2.45, 2.75) is 78.4 Å². The van der Waals surface area contributed by atoms with Crippen LogP contribution in [0, 0.1) is 13.8 Å². The molecule has 0 aliphatic heterocycles. The number of thiophene rings is 1. The number of nitrogens with zero attached hydrogens (tertiary/aromatic N) is 3. The summed E-state index contributed by atoms with van der Waals surface area (Å²) in [6, 6.07) is 0.451. The lowest BCUT2D eigenvalue weighted by molar-refractivity contribution is -0.137. The average Bonchev–Trinajstić information content (AvgIpc) is 2.86. The molecular weight excluding hydrogens is 334 g/mol. The molecule has 0 aromatic carbocycles. The SMILES string of the molecule is Cc1sc2ncn(CC(=O)N(C(C)C)C3CCCCC3)c(=O)c2c1C. The summed E-state index contributed by atoms with van der Waals surface area (Å²) in [5.74, 6) is 0.0229. The van der Waals surface area contributed by atoms with E-state index in [2.05, 4.69) is 18.8 Å². The van der Waals surface area contributed by atoms with E-state index < -0.39 is 0 Å². The number of aryl methyl sites for hydroxylation is 2. The largest absolute Gasteiger partial charge is 0.336 e. The van der Waals surface area contributed by atoms with E-state index in [1.807, 2.05) is 18.7 Å². The molecule has 0 saturated heterocycles. The minimum atomic E-state index is -0.104. The molecule has 5 nitrogen and oxygen atoms in total. The summed E-state index contributed by atoms with van der Waals surface area (Å²) in [6.45, 7) is 8.14. The number of carbonyl (C=O) groups excluding carboxylic acids is 1. The Kier molecular flexibility index (Phi) is 5.27. The van der Waals surface area contributed by atoms with Gasteiger partial charge < -0.3 is 4.90 Å². The molecule has 2 aromatic heterocycles. The molecule has 0 unspecified atom stereocenters. The minimum absolute atomic E-state index is 0.0229. The molecule has 6 heteroatoms. The first-order valence-electron chi connectivity index (χ1n) is 9.16. The molecule has 1 amide bonds. The predicted molar refractivity (Wildman–Crippen MR) is 102 cm³/mol. The quantitative estimate of drug-likeness (QED) is 0.835. The molecule has 0 bridgehead atoms. The number of hydrogen-bond donors (Lipinski definition) is 0. The lowest BCUT2D eigenvalue weighted by Gasteiger charge is -2.37. The van der Waals surface area contributed by atoms with Crippen LogP contribution in [0.4, 0.5) is 0 Å². The summed E-state index contributed by atoms with van der Waals surface area (Å²) in [7, 11) is 0. The van der Waals surface area contributed by atoms with Crippen LogP contribution < -0.4 is 5.56 Å². The number of aromatic nitrogens is 2. The van der Waals surface area contributed by atoms with Crippen LogP contribution >= 0.6 is 11.3 Å². The summed E-state index contributed by atoms with van der Waals surface area (Å²) >= 11 is 1.53. The first-order chi connectivity index (χ1) is 11.9. The topological polar surface area (TPSA) is 55.2 Å². The van der Waals surface area contributed by atoms with E-state index in [0.717, 1.165) is 28.1 Å². The second-order valence-electron chi connectivity index (χ2n) is 7.33. The van der Waals surface area contributed by atoms with E-state index in [-0.39, 0.29) is 24.1 Å². The van der Waals surface area contributed by atoms with E-state index in [0.29, 0.717) is 11.4 Å². The normalized spacial score (nSPS) is 15.9. The molecule has 3 rings (SSSR count). The standard InChI is InChI=1S/C19H27N3O2S/c1-12(2)22(15-8-6-5-7-9-15)16(23)10-21-11-20-18-17(19(21)24)13(3)14(4)25-18/h11-12,15H,5-10H2,1-4H3. The zero-order valence-corrected chi connectivity index (χ0v) is 16.4. The van der Waals surface area contributed by atoms with Crippen molar-refractivity contribution in [2.75, 3.05) is 0 Å². The maximum Gasteiger partial charge on any atom is 0.262 e. The Hall–Kier alpha value is -1.69.